The molecule has 0 amide bonds. The van der Waals surface area contributed by atoms with Gasteiger partial charge in [0.2, 0.25) is 0 Å². The average Bonchev–Trinajstić information content (AvgIpc) is 3.39. The molecule has 0 saturated carbocycles. The standard InChI is InChI=1S/C63H100O12/c1-4-7-10-13-16-19-22-24-26-27-28-29-31-32-35-37-40-43-46-49-55(64)71-52-54(73-56(65)50-47-44-41-38-34-21-18-15-12-9-6-3)53-72-63-61(59(68)58(67)60(75-63)62(69)70)74-57(66)51-48-45-42-39-36-33-30-25-23-20-17-14-11-8-5-2/h7-8,10-11,16-17,19-20,24-26,28-30,32,35,40,43,54,58-61,63,67-68H,4-6,9,12-15,18,21-23,27,31,33-34,36-39,41-42,44-53H2,1-3H3,(H,69,70)/b10-7-,11-8-,19-16-,20-17-,26-24-,29-28-,30-25-,35-32-,43-40-. The second-order valence-electron chi connectivity index (χ2n) is 19.2. The molecule has 1 heterocycles. The van der Waals surface area contributed by atoms with Crippen molar-refractivity contribution >= 4 is 23.9 Å². The van der Waals surface area contributed by atoms with Crippen molar-refractivity contribution in [1.29, 1.82) is 0 Å². The number of esters is 3. The first-order valence-electron chi connectivity index (χ1n) is 28.9. The molecule has 0 bridgehead atoms. The summed E-state index contributed by atoms with van der Waals surface area (Å²) in [6, 6.07) is 0. The summed E-state index contributed by atoms with van der Waals surface area (Å²) in [6.07, 6.45) is 55.1. The summed E-state index contributed by atoms with van der Waals surface area (Å²) in [6.45, 7) is 5.67. The highest BCUT2D eigenvalue weighted by atomic mass is 16.7. The topological polar surface area (TPSA) is 175 Å². The summed E-state index contributed by atoms with van der Waals surface area (Å²) in [7, 11) is 0. The van der Waals surface area contributed by atoms with Crippen LogP contribution in [0.3, 0.4) is 0 Å². The lowest BCUT2D eigenvalue weighted by Crippen LogP contribution is -2.61. The van der Waals surface area contributed by atoms with Crippen molar-refractivity contribution in [2.75, 3.05) is 13.2 Å². The van der Waals surface area contributed by atoms with Crippen LogP contribution >= 0.6 is 0 Å². The van der Waals surface area contributed by atoms with Crippen LogP contribution in [0.1, 0.15) is 213 Å². The van der Waals surface area contributed by atoms with Crippen molar-refractivity contribution in [3.8, 4) is 0 Å². The lowest BCUT2D eigenvalue weighted by Gasteiger charge is -2.40. The summed E-state index contributed by atoms with van der Waals surface area (Å²) < 4.78 is 28.3. The van der Waals surface area contributed by atoms with Crippen molar-refractivity contribution in [3.63, 3.8) is 0 Å². The van der Waals surface area contributed by atoms with Gasteiger partial charge in [0.1, 0.15) is 18.8 Å². The summed E-state index contributed by atoms with van der Waals surface area (Å²) in [5, 5.41) is 31.4. The summed E-state index contributed by atoms with van der Waals surface area (Å²) in [5.74, 6) is -3.26. The number of carboxylic acid groups (broad SMARTS) is 1. The fourth-order valence-electron chi connectivity index (χ4n) is 8.00. The first-order valence-corrected chi connectivity index (χ1v) is 28.9. The van der Waals surface area contributed by atoms with E-state index in [0.717, 1.165) is 109 Å². The largest absolute Gasteiger partial charge is 0.479 e. The number of aliphatic hydroxyl groups excluding tert-OH is 2. The van der Waals surface area contributed by atoms with Crippen LogP contribution in [-0.4, -0.2) is 89.2 Å². The van der Waals surface area contributed by atoms with Gasteiger partial charge in [-0.05, 0) is 89.9 Å². The second-order valence-corrected chi connectivity index (χ2v) is 19.2. The van der Waals surface area contributed by atoms with Gasteiger partial charge >= 0.3 is 23.9 Å². The monoisotopic (exact) mass is 1050 g/mol. The van der Waals surface area contributed by atoms with Gasteiger partial charge in [0, 0.05) is 19.3 Å². The SMILES string of the molecule is CC/C=C\C/C=C\C/C=C\C/C=C\C/C=C\C/C=C\CCC(=O)OCC(COC1OC(C(=O)O)C(O)C(O)C1OC(=O)CCCCCCC/C=C\C/C=C\C/C=C\CC)OC(=O)CCCCCCCCCCCCC. The third-order valence-electron chi connectivity index (χ3n) is 12.4. The molecule has 1 aliphatic rings. The van der Waals surface area contributed by atoms with Gasteiger partial charge in [-0.3, -0.25) is 14.4 Å². The lowest BCUT2D eigenvalue weighted by atomic mass is 9.98. The van der Waals surface area contributed by atoms with Gasteiger partial charge in [0.15, 0.2) is 24.6 Å². The molecule has 424 valence electrons. The van der Waals surface area contributed by atoms with E-state index in [0.29, 0.717) is 19.3 Å². The molecule has 12 heteroatoms. The first-order chi connectivity index (χ1) is 36.6. The Morgan fingerprint density at radius 2 is 0.867 bits per heavy atom. The predicted molar refractivity (Wildman–Crippen MR) is 303 cm³/mol. The van der Waals surface area contributed by atoms with Crippen LogP contribution < -0.4 is 0 Å². The minimum atomic E-state index is -1.92. The molecule has 12 nitrogen and oxygen atoms in total. The lowest BCUT2D eigenvalue weighted by molar-refractivity contribution is -0.301. The Kier molecular flexibility index (Phi) is 45.8. The maximum Gasteiger partial charge on any atom is 0.335 e. The molecule has 75 heavy (non-hydrogen) atoms. The molecule has 1 saturated heterocycles. The summed E-state index contributed by atoms with van der Waals surface area (Å²) in [5.41, 5.74) is 0. The molecule has 6 atom stereocenters. The number of ether oxygens (including phenoxy) is 5. The number of aliphatic hydroxyl groups is 2. The quantitative estimate of drug-likeness (QED) is 0.0228. The van der Waals surface area contributed by atoms with Crippen LogP contribution in [0.25, 0.3) is 0 Å². The number of carbonyl (C=O) groups is 4. The Morgan fingerprint density at radius 3 is 1.33 bits per heavy atom. The molecule has 1 aliphatic heterocycles. The molecule has 3 N–H and O–H groups in total. The van der Waals surface area contributed by atoms with Gasteiger partial charge in [0.05, 0.1) is 6.61 Å². The van der Waals surface area contributed by atoms with Crippen LogP contribution in [-0.2, 0) is 42.9 Å². The van der Waals surface area contributed by atoms with E-state index in [1.54, 1.807) is 0 Å². The van der Waals surface area contributed by atoms with Gasteiger partial charge in [-0.2, -0.15) is 0 Å². The van der Waals surface area contributed by atoms with Gasteiger partial charge in [0.25, 0.3) is 0 Å². The Labute approximate surface area is 453 Å². The van der Waals surface area contributed by atoms with Gasteiger partial charge in [-0.25, -0.2) is 4.79 Å². The number of hydrogen-bond acceptors (Lipinski definition) is 11. The van der Waals surface area contributed by atoms with Crippen LogP contribution in [0.2, 0.25) is 0 Å². The third-order valence-corrected chi connectivity index (χ3v) is 12.4. The Balaban J connectivity index is 2.74. The minimum absolute atomic E-state index is 0.0296. The molecule has 0 aromatic heterocycles. The van der Waals surface area contributed by atoms with E-state index >= 15 is 0 Å². The van der Waals surface area contributed by atoms with Gasteiger partial charge in [-0.1, -0.05) is 214 Å². The number of carbonyl (C=O) groups excluding carboxylic acids is 3. The number of aliphatic carboxylic acids is 1. The average molecular weight is 1050 g/mol. The third kappa shape index (κ3) is 40.3. The van der Waals surface area contributed by atoms with E-state index < -0.39 is 67.3 Å². The number of unbranched alkanes of at least 4 members (excludes halogenated alkanes) is 15. The van der Waals surface area contributed by atoms with Gasteiger partial charge in [-0.15, -0.1) is 0 Å². The Hall–Kier alpha value is -4.62. The normalized spacial score (nSPS) is 19.0. The number of rotatable bonds is 47. The molecule has 0 aromatic rings. The highest BCUT2D eigenvalue weighted by molar-refractivity contribution is 5.74. The molecular weight excluding hydrogens is 949 g/mol. The molecule has 0 radical (unpaired) electrons. The van der Waals surface area contributed by atoms with Crippen LogP contribution in [0.5, 0.6) is 0 Å². The molecule has 0 aromatic carbocycles. The van der Waals surface area contributed by atoms with Crippen LogP contribution in [0, 0.1) is 0 Å². The fourth-order valence-corrected chi connectivity index (χ4v) is 8.00. The van der Waals surface area contributed by atoms with E-state index in [4.69, 9.17) is 23.7 Å². The van der Waals surface area contributed by atoms with E-state index in [-0.39, 0.29) is 25.9 Å². The maximum absolute atomic E-state index is 13.1. The second kappa shape index (κ2) is 50.2. The highest BCUT2D eigenvalue weighted by Crippen LogP contribution is 2.26. The van der Waals surface area contributed by atoms with E-state index in [1.807, 2.05) is 12.2 Å². The van der Waals surface area contributed by atoms with Crippen molar-refractivity contribution in [3.05, 3.63) is 109 Å². The van der Waals surface area contributed by atoms with Crippen LogP contribution in [0.4, 0.5) is 0 Å². The molecular formula is C63H100O12. The minimum Gasteiger partial charge on any atom is -0.479 e. The fraction of sp³-hybridized carbons (Fsp3) is 0.651. The van der Waals surface area contributed by atoms with Crippen molar-refractivity contribution < 1.29 is 58.2 Å². The number of hydrogen-bond donors (Lipinski definition) is 3. The first kappa shape index (κ1) is 68.4. The van der Waals surface area contributed by atoms with Crippen molar-refractivity contribution in [2.24, 2.45) is 0 Å². The predicted octanol–water partition coefficient (Wildman–Crippen LogP) is 14.7. The number of carboxylic acids is 1. The van der Waals surface area contributed by atoms with Crippen molar-refractivity contribution in [1.82, 2.24) is 0 Å². The smallest absolute Gasteiger partial charge is 0.335 e. The van der Waals surface area contributed by atoms with Crippen molar-refractivity contribution in [2.45, 2.75) is 250 Å². The zero-order valence-electron chi connectivity index (χ0n) is 46.5. The molecule has 0 aliphatic carbocycles. The van der Waals surface area contributed by atoms with E-state index in [2.05, 4.69) is 118 Å². The number of allylic oxidation sites excluding steroid dienone is 18. The highest BCUT2D eigenvalue weighted by Gasteiger charge is 2.50. The zero-order chi connectivity index (χ0) is 54.7. The summed E-state index contributed by atoms with van der Waals surface area (Å²) >= 11 is 0. The Bertz CT molecular complexity index is 1720. The Morgan fingerprint density at radius 1 is 0.453 bits per heavy atom. The molecule has 6 unspecified atom stereocenters. The summed E-state index contributed by atoms with van der Waals surface area (Å²) in [4.78, 5) is 51.0. The molecule has 1 fully saturated rings. The van der Waals surface area contributed by atoms with E-state index in [9.17, 15) is 34.5 Å². The molecule has 1 rings (SSSR count). The van der Waals surface area contributed by atoms with Crippen LogP contribution in [0.15, 0.2) is 109 Å². The van der Waals surface area contributed by atoms with E-state index in [1.165, 1.54) is 44.9 Å². The molecule has 0 spiro atoms. The zero-order valence-corrected chi connectivity index (χ0v) is 46.5. The maximum atomic E-state index is 13.1. The van der Waals surface area contributed by atoms with Gasteiger partial charge < -0.3 is 39.0 Å².